The van der Waals surface area contributed by atoms with Gasteiger partial charge in [-0.05, 0) is 142 Å². The molecule has 8 aromatic rings. The second-order valence-electron chi connectivity index (χ2n) is 21.0. The van der Waals surface area contributed by atoms with Crippen LogP contribution in [0.1, 0.15) is 71.7 Å². The van der Waals surface area contributed by atoms with Gasteiger partial charge in [-0.25, -0.2) is 4.79 Å². The van der Waals surface area contributed by atoms with Crippen LogP contribution in [0.15, 0.2) is 194 Å². The molecule has 2 unspecified atom stereocenters. The van der Waals surface area contributed by atoms with Crippen molar-refractivity contribution in [3.63, 3.8) is 0 Å². The first-order valence-electron chi connectivity index (χ1n) is 28.8. The Labute approximate surface area is 481 Å². The van der Waals surface area contributed by atoms with Crippen molar-refractivity contribution in [2.24, 2.45) is 0 Å². The highest BCUT2D eigenvalue weighted by Gasteiger charge is 2.48. The number of carbonyl (C=O) groups excluding carboxylic acids is 1. The summed E-state index contributed by atoms with van der Waals surface area (Å²) in [6, 6.07) is 68.6. The van der Waals surface area contributed by atoms with Crippen molar-refractivity contribution in [2.75, 3.05) is 66.0 Å². The molecule has 82 heavy (non-hydrogen) atoms. The molecule has 0 aromatic heterocycles. The third-order valence-electron chi connectivity index (χ3n) is 15.9. The number of hydrogen-bond donors (Lipinski definition) is 1. The Balaban J connectivity index is 0.802. The molecule has 2 atom stereocenters. The van der Waals surface area contributed by atoms with Gasteiger partial charge >= 0.3 is 14.9 Å². The highest BCUT2D eigenvalue weighted by atomic mass is 28.4. The quantitative estimate of drug-likeness (QED) is 0.0300. The standard InChI is InChI=1S/C69H69NO11Si/c1-4-78-82(79-5-2,80-6-3)41-15-40-70-67(71)81-58(46-74-54-36-28-50(29-37-54)68(48-24-32-52(33-25-48)72-42-56-44-76-56)63-20-11-7-16-59(63)60-17-8-12-21-64(60)68)47-75-55-38-30-51(31-39-55)69(49-26-34-53(35-27-49)73-43-57-45-77-57)65-22-13-9-18-61(65)62-19-10-14-23-66(62)69/h7-14,16-39,56-58H,4-6,15,40-47H2,1-3H3,(H,70,71). The highest BCUT2D eigenvalue weighted by molar-refractivity contribution is 6.60. The van der Waals surface area contributed by atoms with Crippen molar-refractivity contribution >= 4 is 14.9 Å². The van der Waals surface area contributed by atoms with E-state index in [0.29, 0.717) is 63.5 Å². The van der Waals surface area contributed by atoms with Gasteiger partial charge in [-0.15, -0.1) is 0 Å². The second kappa shape index (κ2) is 24.4. The van der Waals surface area contributed by atoms with E-state index < -0.39 is 31.8 Å². The number of rotatable bonds is 27. The van der Waals surface area contributed by atoms with Gasteiger partial charge in [-0.2, -0.15) is 0 Å². The molecule has 12 nitrogen and oxygen atoms in total. The van der Waals surface area contributed by atoms with Crippen LogP contribution >= 0.6 is 0 Å². The summed E-state index contributed by atoms with van der Waals surface area (Å²) in [6.07, 6.45) is -0.494. The Kier molecular flexibility index (Phi) is 16.3. The highest BCUT2D eigenvalue weighted by Crippen LogP contribution is 2.58. The van der Waals surface area contributed by atoms with E-state index in [9.17, 15) is 4.79 Å². The largest absolute Gasteiger partial charge is 0.500 e. The van der Waals surface area contributed by atoms with Gasteiger partial charge in [0.05, 0.1) is 24.0 Å². The number of nitrogens with one attached hydrogen (secondary N) is 1. The summed E-state index contributed by atoms with van der Waals surface area (Å²) >= 11 is 0. The van der Waals surface area contributed by atoms with Crippen molar-refractivity contribution in [3.05, 3.63) is 239 Å². The molecule has 0 bridgehead atoms. The summed E-state index contributed by atoms with van der Waals surface area (Å²) in [5.41, 5.74) is 12.7. The van der Waals surface area contributed by atoms with Crippen LogP contribution in [0.4, 0.5) is 4.79 Å². The first-order valence-corrected chi connectivity index (χ1v) is 30.7. The molecule has 420 valence electrons. The number of hydrogen-bond acceptors (Lipinski definition) is 11. The number of alkyl carbamates (subject to hydrolysis) is 1. The maximum absolute atomic E-state index is 13.7. The molecule has 2 heterocycles. The smallest absolute Gasteiger partial charge is 0.491 e. The van der Waals surface area contributed by atoms with Gasteiger partial charge < -0.3 is 51.8 Å². The number of fused-ring (bicyclic) bond motifs is 6. The number of ether oxygens (including phenoxy) is 7. The lowest BCUT2D eigenvalue weighted by Gasteiger charge is -2.34. The number of epoxide rings is 2. The SMILES string of the molecule is CCO[Si](CCCNC(=O)OC(COc1ccc(C2(c3ccc(OCC4CO4)cc3)c3ccccc3-c3ccccc32)cc1)COc1ccc(C2(c3ccc(OCC4CO4)cc3)c3ccccc3-c3ccccc32)cc1)(OCC)OCC. The summed E-state index contributed by atoms with van der Waals surface area (Å²) in [5.74, 6) is 2.84. The molecule has 1 N–H and O–H groups in total. The molecule has 1 amide bonds. The summed E-state index contributed by atoms with van der Waals surface area (Å²) < 4.78 is 60.4. The van der Waals surface area contributed by atoms with E-state index >= 15 is 0 Å². The summed E-state index contributed by atoms with van der Waals surface area (Å²) in [7, 11) is -2.91. The fraction of sp³-hybridized carbons (Fsp3) is 0.290. The van der Waals surface area contributed by atoms with E-state index in [4.69, 9.17) is 46.4 Å². The first-order chi connectivity index (χ1) is 40.3. The van der Waals surface area contributed by atoms with E-state index in [2.05, 4.69) is 175 Å². The fourth-order valence-electron chi connectivity index (χ4n) is 12.1. The van der Waals surface area contributed by atoms with Gasteiger partial charge in [0.2, 0.25) is 0 Å². The van der Waals surface area contributed by atoms with Crippen LogP contribution < -0.4 is 24.3 Å². The summed E-state index contributed by atoms with van der Waals surface area (Å²) in [6.45, 7) is 10.1. The summed E-state index contributed by atoms with van der Waals surface area (Å²) in [4.78, 5) is 13.7. The molecule has 12 rings (SSSR count). The van der Waals surface area contributed by atoms with E-state index in [1.807, 2.05) is 45.0 Å². The Morgan fingerprint density at radius 1 is 0.476 bits per heavy atom. The Hall–Kier alpha value is -7.75. The molecule has 2 saturated heterocycles. The number of carbonyl (C=O) groups is 1. The molecular formula is C69H69NO11Si. The molecule has 2 aliphatic heterocycles. The number of benzene rings is 8. The van der Waals surface area contributed by atoms with E-state index in [0.717, 1.165) is 47.0 Å². The molecule has 0 saturated carbocycles. The van der Waals surface area contributed by atoms with Crippen LogP contribution in [-0.2, 0) is 38.3 Å². The topological polar surface area (TPSA) is 128 Å². The Bertz CT molecular complexity index is 3140. The lowest BCUT2D eigenvalue weighted by molar-refractivity contribution is 0.0354. The van der Waals surface area contributed by atoms with Crippen molar-refractivity contribution in [3.8, 4) is 45.3 Å². The third-order valence-corrected chi connectivity index (χ3v) is 19.0. The van der Waals surface area contributed by atoms with Gasteiger partial charge in [0.25, 0.3) is 0 Å². The van der Waals surface area contributed by atoms with Crippen molar-refractivity contribution in [1.82, 2.24) is 5.32 Å². The first kappa shape index (κ1) is 54.8. The Morgan fingerprint density at radius 3 is 1.11 bits per heavy atom. The molecule has 0 radical (unpaired) electrons. The van der Waals surface area contributed by atoms with Gasteiger partial charge in [0.1, 0.15) is 61.6 Å². The van der Waals surface area contributed by atoms with Crippen molar-refractivity contribution in [2.45, 2.75) is 62.4 Å². The zero-order valence-electron chi connectivity index (χ0n) is 46.7. The average Bonchev–Trinajstić information content (AvgIpc) is 4.58. The van der Waals surface area contributed by atoms with Crippen molar-refractivity contribution in [1.29, 1.82) is 0 Å². The van der Waals surface area contributed by atoms with Gasteiger partial charge in [0, 0.05) is 32.4 Å². The van der Waals surface area contributed by atoms with Crippen LogP contribution in [-0.4, -0.2) is 99.2 Å². The van der Waals surface area contributed by atoms with Crippen molar-refractivity contribution < 1.29 is 51.2 Å². The van der Waals surface area contributed by atoms with Crippen LogP contribution in [0.3, 0.4) is 0 Å². The average molecular weight is 1120 g/mol. The maximum atomic E-state index is 13.7. The molecule has 2 aliphatic carbocycles. The van der Waals surface area contributed by atoms with Crippen LogP contribution in [0.5, 0.6) is 23.0 Å². The molecule has 13 heteroatoms. The maximum Gasteiger partial charge on any atom is 0.500 e. The minimum absolute atomic E-state index is 0.0220. The predicted octanol–water partition coefficient (Wildman–Crippen LogP) is 13.0. The zero-order valence-corrected chi connectivity index (χ0v) is 47.7. The minimum Gasteiger partial charge on any atom is -0.491 e. The molecule has 2 fully saturated rings. The normalized spacial score (nSPS) is 16.9. The molecule has 0 spiro atoms. The van der Waals surface area contributed by atoms with Gasteiger partial charge in [-0.3, -0.25) is 0 Å². The molecule has 8 aromatic carbocycles. The Morgan fingerprint density at radius 2 is 0.793 bits per heavy atom. The van der Waals surface area contributed by atoms with Gasteiger partial charge in [-0.1, -0.05) is 146 Å². The van der Waals surface area contributed by atoms with Crippen LogP contribution in [0, 0.1) is 0 Å². The molecule has 4 aliphatic rings. The van der Waals surface area contributed by atoms with Crippen LogP contribution in [0.2, 0.25) is 6.04 Å². The van der Waals surface area contributed by atoms with E-state index in [-0.39, 0.29) is 25.4 Å². The predicted molar refractivity (Wildman–Crippen MR) is 317 cm³/mol. The van der Waals surface area contributed by atoms with Crippen LogP contribution in [0.25, 0.3) is 22.3 Å². The third kappa shape index (κ3) is 11.0. The lowest BCUT2D eigenvalue weighted by Crippen LogP contribution is -2.46. The van der Waals surface area contributed by atoms with Gasteiger partial charge in [0.15, 0.2) is 6.10 Å². The van der Waals surface area contributed by atoms with E-state index in [1.54, 1.807) is 0 Å². The summed E-state index contributed by atoms with van der Waals surface area (Å²) in [5, 5.41) is 2.95. The zero-order chi connectivity index (χ0) is 55.9. The second-order valence-corrected chi connectivity index (χ2v) is 23.7. The lowest BCUT2D eigenvalue weighted by atomic mass is 9.68. The fourth-order valence-corrected chi connectivity index (χ4v) is 14.8. The monoisotopic (exact) mass is 1120 g/mol. The molecular weight excluding hydrogens is 1050 g/mol. The minimum atomic E-state index is -2.91. The van der Waals surface area contributed by atoms with E-state index in [1.165, 1.54) is 44.5 Å². The number of amides is 1.